The Morgan fingerprint density at radius 2 is 2.28 bits per heavy atom. The van der Waals surface area contributed by atoms with Crippen LogP contribution in [-0.4, -0.2) is 25.2 Å². The van der Waals surface area contributed by atoms with Gasteiger partial charge in [0.2, 0.25) is 5.91 Å². The summed E-state index contributed by atoms with van der Waals surface area (Å²) in [5.41, 5.74) is 8.13. The third-order valence-corrected chi connectivity index (χ3v) is 3.36. The molecule has 3 N–H and O–H groups in total. The van der Waals surface area contributed by atoms with Gasteiger partial charge in [-0.1, -0.05) is 29.8 Å². The average Bonchev–Trinajstić information content (AvgIpc) is 2.75. The van der Waals surface area contributed by atoms with E-state index in [2.05, 4.69) is 11.4 Å². The number of nitrogens with one attached hydrogen (secondary N) is 1. The summed E-state index contributed by atoms with van der Waals surface area (Å²) in [6, 6.07) is 7.94. The number of nitrogens with two attached hydrogens (primary N) is 1. The van der Waals surface area contributed by atoms with Crippen LogP contribution in [0.25, 0.3) is 0 Å². The number of ether oxygens (including phenoxy) is 1. The van der Waals surface area contributed by atoms with Crippen molar-refractivity contribution in [2.45, 2.75) is 25.9 Å². The minimum atomic E-state index is -0.225. The van der Waals surface area contributed by atoms with Crippen LogP contribution in [0.2, 0.25) is 0 Å². The van der Waals surface area contributed by atoms with Crippen molar-refractivity contribution in [1.29, 1.82) is 0 Å². The molecule has 2 unspecified atom stereocenters. The van der Waals surface area contributed by atoms with Crippen LogP contribution in [0.15, 0.2) is 24.3 Å². The molecule has 1 aliphatic heterocycles. The van der Waals surface area contributed by atoms with Gasteiger partial charge in [-0.25, -0.2) is 0 Å². The van der Waals surface area contributed by atoms with Crippen LogP contribution < -0.4 is 11.1 Å². The molecule has 0 radical (unpaired) electrons. The second kappa shape index (κ2) is 5.50. The summed E-state index contributed by atoms with van der Waals surface area (Å²) in [6.07, 6.45) is 0. The zero-order chi connectivity index (χ0) is 13.1. The number of rotatable bonds is 3. The van der Waals surface area contributed by atoms with Crippen molar-refractivity contribution < 1.29 is 9.53 Å². The third-order valence-electron chi connectivity index (χ3n) is 3.36. The standard InChI is InChI=1S/C14H20N2O2/c1-9-4-3-5-11(6-9)10(2)16-14(17)12-7-18-8-13(12)15/h3-6,10,12-13H,7-8,15H2,1-2H3,(H,16,17)/t10-,12?,13?/m0/s1. The molecule has 1 amide bonds. The van der Waals surface area contributed by atoms with Gasteiger partial charge in [0.1, 0.15) is 0 Å². The lowest BCUT2D eigenvalue weighted by Crippen LogP contribution is -2.41. The monoisotopic (exact) mass is 248 g/mol. The third kappa shape index (κ3) is 2.89. The molecule has 4 heteroatoms. The van der Waals surface area contributed by atoms with E-state index >= 15 is 0 Å². The number of hydrogen-bond acceptors (Lipinski definition) is 3. The first-order valence-corrected chi connectivity index (χ1v) is 6.28. The van der Waals surface area contributed by atoms with Crippen LogP contribution in [0.5, 0.6) is 0 Å². The highest BCUT2D eigenvalue weighted by Crippen LogP contribution is 2.17. The highest BCUT2D eigenvalue weighted by molar-refractivity contribution is 5.80. The second-order valence-electron chi connectivity index (χ2n) is 4.95. The lowest BCUT2D eigenvalue weighted by molar-refractivity contribution is -0.125. The molecule has 0 saturated carbocycles. The maximum atomic E-state index is 12.1. The van der Waals surface area contributed by atoms with E-state index in [0.29, 0.717) is 13.2 Å². The molecule has 2 rings (SSSR count). The minimum absolute atomic E-state index is 0.00907. The van der Waals surface area contributed by atoms with E-state index < -0.39 is 0 Å². The molecule has 1 saturated heterocycles. The summed E-state index contributed by atoms with van der Waals surface area (Å²) in [6.45, 7) is 4.91. The molecule has 1 aromatic carbocycles. The maximum Gasteiger partial charge on any atom is 0.227 e. The van der Waals surface area contributed by atoms with E-state index in [-0.39, 0.29) is 23.9 Å². The van der Waals surface area contributed by atoms with E-state index in [1.807, 2.05) is 32.0 Å². The summed E-state index contributed by atoms with van der Waals surface area (Å²) in [5.74, 6) is -0.244. The van der Waals surface area contributed by atoms with Gasteiger partial charge < -0.3 is 15.8 Å². The highest BCUT2D eigenvalue weighted by atomic mass is 16.5. The van der Waals surface area contributed by atoms with Crippen LogP contribution >= 0.6 is 0 Å². The van der Waals surface area contributed by atoms with E-state index in [4.69, 9.17) is 10.5 Å². The van der Waals surface area contributed by atoms with Crippen molar-refractivity contribution in [2.75, 3.05) is 13.2 Å². The summed E-state index contributed by atoms with van der Waals surface area (Å²) in [7, 11) is 0. The van der Waals surface area contributed by atoms with Crippen LogP contribution in [0.3, 0.4) is 0 Å². The van der Waals surface area contributed by atoms with Crippen LogP contribution in [-0.2, 0) is 9.53 Å². The molecule has 1 heterocycles. The van der Waals surface area contributed by atoms with Gasteiger partial charge in [0.15, 0.2) is 0 Å². The Morgan fingerprint density at radius 1 is 1.50 bits per heavy atom. The molecule has 98 valence electrons. The smallest absolute Gasteiger partial charge is 0.227 e. The fourth-order valence-electron chi connectivity index (χ4n) is 2.18. The largest absolute Gasteiger partial charge is 0.379 e. The lowest BCUT2D eigenvalue weighted by atomic mass is 10.0. The van der Waals surface area contributed by atoms with E-state index in [9.17, 15) is 4.79 Å². The van der Waals surface area contributed by atoms with E-state index in [1.54, 1.807) is 0 Å². The average molecular weight is 248 g/mol. The molecule has 3 atom stereocenters. The van der Waals surface area contributed by atoms with Gasteiger partial charge in [-0.2, -0.15) is 0 Å². The molecule has 1 aliphatic rings. The summed E-state index contributed by atoms with van der Waals surface area (Å²) < 4.78 is 5.21. The molecule has 0 aliphatic carbocycles. The number of amides is 1. The topological polar surface area (TPSA) is 64.3 Å². The van der Waals surface area contributed by atoms with Gasteiger partial charge in [0.25, 0.3) is 0 Å². The molecule has 0 aromatic heterocycles. The van der Waals surface area contributed by atoms with Gasteiger partial charge in [0.05, 0.1) is 25.2 Å². The first-order chi connectivity index (χ1) is 8.58. The first-order valence-electron chi connectivity index (χ1n) is 6.28. The fourth-order valence-corrected chi connectivity index (χ4v) is 2.18. The molecule has 1 aromatic rings. The Hall–Kier alpha value is -1.39. The van der Waals surface area contributed by atoms with Gasteiger partial charge in [-0.15, -0.1) is 0 Å². The Balaban J connectivity index is 1.98. The zero-order valence-corrected chi connectivity index (χ0v) is 10.8. The Bertz CT molecular complexity index is 434. The number of aryl methyl sites for hydroxylation is 1. The van der Waals surface area contributed by atoms with E-state index in [0.717, 1.165) is 5.56 Å². The van der Waals surface area contributed by atoms with Gasteiger partial charge in [0, 0.05) is 6.04 Å². The van der Waals surface area contributed by atoms with Gasteiger partial charge in [-0.3, -0.25) is 4.79 Å². The van der Waals surface area contributed by atoms with Crippen molar-refractivity contribution in [1.82, 2.24) is 5.32 Å². The summed E-state index contributed by atoms with van der Waals surface area (Å²) in [4.78, 5) is 12.1. The fraction of sp³-hybridized carbons (Fsp3) is 0.500. The van der Waals surface area contributed by atoms with Crippen molar-refractivity contribution in [3.63, 3.8) is 0 Å². The molecule has 4 nitrogen and oxygen atoms in total. The lowest BCUT2D eigenvalue weighted by Gasteiger charge is -2.19. The maximum absolute atomic E-state index is 12.1. The Morgan fingerprint density at radius 3 is 2.89 bits per heavy atom. The molecule has 1 fully saturated rings. The normalized spacial score (nSPS) is 24.8. The zero-order valence-electron chi connectivity index (χ0n) is 10.8. The number of hydrogen-bond donors (Lipinski definition) is 2. The summed E-state index contributed by atoms with van der Waals surface area (Å²) in [5, 5.41) is 3.00. The van der Waals surface area contributed by atoms with Crippen LogP contribution in [0.1, 0.15) is 24.1 Å². The van der Waals surface area contributed by atoms with Crippen LogP contribution in [0, 0.1) is 12.8 Å². The molecule has 18 heavy (non-hydrogen) atoms. The molecule has 0 bridgehead atoms. The Labute approximate surface area is 108 Å². The minimum Gasteiger partial charge on any atom is -0.379 e. The number of carbonyl (C=O) groups is 1. The molecular weight excluding hydrogens is 228 g/mol. The predicted octanol–water partition coefficient (Wildman–Crippen LogP) is 1.15. The van der Waals surface area contributed by atoms with Crippen molar-refractivity contribution in [3.8, 4) is 0 Å². The second-order valence-corrected chi connectivity index (χ2v) is 4.95. The predicted molar refractivity (Wildman–Crippen MR) is 70.0 cm³/mol. The Kier molecular flexibility index (Phi) is 3.99. The van der Waals surface area contributed by atoms with E-state index in [1.165, 1.54) is 5.56 Å². The van der Waals surface area contributed by atoms with Crippen molar-refractivity contribution in [2.24, 2.45) is 11.7 Å². The van der Waals surface area contributed by atoms with Crippen molar-refractivity contribution >= 4 is 5.91 Å². The highest BCUT2D eigenvalue weighted by Gasteiger charge is 2.31. The van der Waals surface area contributed by atoms with Crippen LogP contribution in [0.4, 0.5) is 0 Å². The number of benzene rings is 1. The molecular formula is C14H20N2O2. The van der Waals surface area contributed by atoms with Gasteiger partial charge in [-0.05, 0) is 19.4 Å². The SMILES string of the molecule is Cc1cccc([C@H](C)NC(=O)C2COCC2N)c1. The number of carbonyl (C=O) groups excluding carboxylic acids is 1. The molecule has 0 spiro atoms. The van der Waals surface area contributed by atoms with Crippen molar-refractivity contribution in [3.05, 3.63) is 35.4 Å². The van der Waals surface area contributed by atoms with Gasteiger partial charge >= 0.3 is 0 Å². The quantitative estimate of drug-likeness (QED) is 0.843. The first kappa shape index (κ1) is 13.1. The summed E-state index contributed by atoms with van der Waals surface area (Å²) >= 11 is 0.